The summed E-state index contributed by atoms with van der Waals surface area (Å²) < 4.78 is 28.0. The monoisotopic (exact) mass is 357 g/mol. The smallest absolute Gasteiger partial charge is 0.239 e. The lowest BCUT2D eigenvalue weighted by Gasteiger charge is -2.22. The number of nitrogens with zero attached hydrogens (tertiary/aromatic N) is 3. The molecule has 0 unspecified atom stereocenters. The van der Waals surface area contributed by atoms with E-state index in [1.54, 1.807) is 12.1 Å². The number of benzene rings is 2. The van der Waals surface area contributed by atoms with Gasteiger partial charge in [-0.3, -0.25) is 0 Å². The van der Waals surface area contributed by atoms with Crippen LogP contribution < -0.4 is 0 Å². The molecule has 0 bridgehead atoms. The lowest BCUT2D eigenvalue weighted by molar-refractivity contribution is 0.397. The number of para-hydroxylation sites is 1. The summed E-state index contributed by atoms with van der Waals surface area (Å²) in [6.07, 6.45) is 0. The average Bonchev–Trinajstić information content (AvgIpc) is 3.04. The third-order valence-corrected chi connectivity index (χ3v) is 6.98. The SMILES string of the molecule is C[C@H](c1nc2ccccc2s1)N(C)S(=O)(=O)c1cccc(C#N)c1. The molecule has 0 spiro atoms. The predicted molar refractivity (Wildman–Crippen MR) is 94.1 cm³/mol. The largest absolute Gasteiger partial charge is 0.243 e. The second-order valence-corrected chi connectivity index (χ2v) is 8.42. The van der Waals surface area contributed by atoms with Crippen molar-refractivity contribution in [2.24, 2.45) is 0 Å². The number of thiazole rings is 1. The zero-order chi connectivity index (χ0) is 17.3. The molecule has 0 N–H and O–H groups in total. The van der Waals surface area contributed by atoms with E-state index in [0.29, 0.717) is 5.56 Å². The van der Waals surface area contributed by atoms with Crippen molar-refractivity contribution >= 4 is 31.6 Å². The van der Waals surface area contributed by atoms with Gasteiger partial charge in [-0.05, 0) is 37.3 Å². The molecule has 0 amide bonds. The van der Waals surface area contributed by atoms with Gasteiger partial charge in [0.15, 0.2) is 0 Å². The summed E-state index contributed by atoms with van der Waals surface area (Å²) in [5.41, 5.74) is 1.18. The zero-order valence-corrected chi connectivity index (χ0v) is 14.8. The minimum Gasteiger partial charge on any atom is -0.239 e. The standard InChI is InChI=1S/C17H15N3O2S2/c1-12(17-19-15-8-3-4-9-16(15)23-17)20(2)24(21,22)14-7-5-6-13(10-14)11-18/h3-10,12H,1-2H3/t12-/m1/s1. The van der Waals surface area contributed by atoms with Crippen LogP contribution in [0.5, 0.6) is 0 Å². The normalized spacial score (nSPS) is 13.1. The van der Waals surface area contributed by atoms with E-state index in [1.165, 1.54) is 34.8 Å². The summed E-state index contributed by atoms with van der Waals surface area (Å²) >= 11 is 1.48. The fourth-order valence-electron chi connectivity index (χ4n) is 2.32. The highest BCUT2D eigenvalue weighted by Gasteiger charge is 2.28. The number of aromatic nitrogens is 1. The maximum atomic E-state index is 12.8. The van der Waals surface area contributed by atoms with Gasteiger partial charge >= 0.3 is 0 Å². The van der Waals surface area contributed by atoms with E-state index >= 15 is 0 Å². The second-order valence-electron chi connectivity index (χ2n) is 5.36. The van der Waals surface area contributed by atoms with E-state index in [9.17, 15) is 8.42 Å². The molecule has 0 saturated heterocycles. The fourth-order valence-corrected chi connectivity index (χ4v) is 4.83. The summed E-state index contributed by atoms with van der Waals surface area (Å²) in [5, 5.41) is 9.70. The van der Waals surface area contributed by atoms with Crippen molar-refractivity contribution in [2.75, 3.05) is 7.05 Å². The van der Waals surface area contributed by atoms with Gasteiger partial charge in [-0.25, -0.2) is 13.4 Å². The molecule has 3 rings (SSSR count). The van der Waals surface area contributed by atoms with E-state index in [4.69, 9.17) is 5.26 Å². The van der Waals surface area contributed by atoms with E-state index in [2.05, 4.69) is 4.98 Å². The number of fused-ring (bicyclic) bond motifs is 1. The second kappa shape index (κ2) is 6.32. The van der Waals surface area contributed by atoms with Crippen molar-refractivity contribution in [3.8, 4) is 6.07 Å². The Hall–Kier alpha value is -2.27. The summed E-state index contributed by atoms with van der Waals surface area (Å²) in [5.74, 6) is 0. The Labute approximate surface area is 144 Å². The molecular formula is C17H15N3O2S2. The molecule has 1 aromatic heterocycles. The number of sulfonamides is 1. The van der Waals surface area contributed by atoms with Crippen LogP contribution in [0.25, 0.3) is 10.2 Å². The van der Waals surface area contributed by atoms with Crippen molar-refractivity contribution in [1.82, 2.24) is 9.29 Å². The molecular weight excluding hydrogens is 342 g/mol. The van der Waals surface area contributed by atoms with Gasteiger partial charge < -0.3 is 0 Å². The van der Waals surface area contributed by atoms with Crippen LogP contribution in [0.3, 0.4) is 0 Å². The van der Waals surface area contributed by atoms with E-state index < -0.39 is 16.1 Å². The molecule has 7 heteroatoms. The van der Waals surface area contributed by atoms with Crippen LogP contribution in [0, 0.1) is 11.3 Å². The van der Waals surface area contributed by atoms with Crippen LogP contribution in [0.2, 0.25) is 0 Å². The quantitative estimate of drug-likeness (QED) is 0.716. The molecule has 0 radical (unpaired) electrons. The fraction of sp³-hybridized carbons (Fsp3) is 0.176. The van der Waals surface area contributed by atoms with Crippen molar-refractivity contribution in [3.63, 3.8) is 0 Å². The first kappa shape index (κ1) is 16.6. The average molecular weight is 357 g/mol. The van der Waals surface area contributed by atoms with Gasteiger partial charge in [0.25, 0.3) is 0 Å². The van der Waals surface area contributed by atoms with E-state index in [0.717, 1.165) is 15.2 Å². The Bertz CT molecular complexity index is 1000. The third-order valence-electron chi connectivity index (χ3n) is 3.85. The van der Waals surface area contributed by atoms with Gasteiger partial charge in [-0.1, -0.05) is 18.2 Å². The summed E-state index contributed by atoms with van der Waals surface area (Å²) in [6, 6.07) is 15.3. The first-order valence-electron chi connectivity index (χ1n) is 7.27. The molecule has 0 fully saturated rings. The van der Waals surface area contributed by atoms with E-state index in [1.807, 2.05) is 37.3 Å². The van der Waals surface area contributed by atoms with Gasteiger partial charge in [0.05, 0.1) is 32.8 Å². The van der Waals surface area contributed by atoms with Gasteiger partial charge in [-0.2, -0.15) is 9.57 Å². The molecule has 0 aliphatic rings. The number of nitriles is 1. The highest BCUT2D eigenvalue weighted by molar-refractivity contribution is 7.89. The Morgan fingerprint density at radius 1 is 1.21 bits per heavy atom. The Morgan fingerprint density at radius 2 is 1.96 bits per heavy atom. The molecule has 24 heavy (non-hydrogen) atoms. The van der Waals surface area contributed by atoms with Gasteiger partial charge in [0.2, 0.25) is 10.0 Å². The highest BCUT2D eigenvalue weighted by Crippen LogP contribution is 2.31. The maximum Gasteiger partial charge on any atom is 0.243 e. The first-order chi connectivity index (χ1) is 11.4. The molecule has 1 atom stereocenters. The van der Waals surface area contributed by atoms with Gasteiger partial charge in [0, 0.05) is 7.05 Å². The molecule has 122 valence electrons. The Balaban J connectivity index is 1.96. The van der Waals surface area contributed by atoms with Crippen LogP contribution in [0.15, 0.2) is 53.4 Å². The minimum atomic E-state index is -3.71. The molecule has 1 heterocycles. The topological polar surface area (TPSA) is 74.1 Å². The number of hydrogen-bond donors (Lipinski definition) is 0. The number of hydrogen-bond acceptors (Lipinski definition) is 5. The van der Waals surface area contributed by atoms with Crippen LogP contribution in [0.4, 0.5) is 0 Å². The molecule has 2 aromatic carbocycles. The Kier molecular flexibility index (Phi) is 4.37. The van der Waals surface area contributed by atoms with Crippen LogP contribution in [-0.2, 0) is 10.0 Å². The number of rotatable bonds is 4. The summed E-state index contributed by atoms with van der Waals surface area (Å²) in [7, 11) is -2.17. The summed E-state index contributed by atoms with van der Waals surface area (Å²) in [4.78, 5) is 4.64. The molecule has 0 aliphatic heterocycles. The van der Waals surface area contributed by atoms with Gasteiger partial charge in [0.1, 0.15) is 5.01 Å². The van der Waals surface area contributed by atoms with Crippen molar-refractivity contribution in [2.45, 2.75) is 17.9 Å². The van der Waals surface area contributed by atoms with Crippen LogP contribution in [0.1, 0.15) is 23.5 Å². The molecule has 0 saturated carbocycles. The van der Waals surface area contributed by atoms with Crippen LogP contribution in [-0.4, -0.2) is 24.8 Å². The van der Waals surface area contributed by atoms with Gasteiger partial charge in [-0.15, -0.1) is 11.3 Å². The van der Waals surface area contributed by atoms with Crippen LogP contribution >= 0.6 is 11.3 Å². The maximum absolute atomic E-state index is 12.8. The first-order valence-corrected chi connectivity index (χ1v) is 9.53. The molecule has 3 aromatic rings. The van der Waals surface area contributed by atoms with E-state index in [-0.39, 0.29) is 4.90 Å². The highest BCUT2D eigenvalue weighted by atomic mass is 32.2. The molecule has 5 nitrogen and oxygen atoms in total. The predicted octanol–water partition coefficient (Wildman–Crippen LogP) is 3.55. The minimum absolute atomic E-state index is 0.108. The van der Waals surface area contributed by atoms with Crippen molar-refractivity contribution in [1.29, 1.82) is 5.26 Å². The molecule has 0 aliphatic carbocycles. The van der Waals surface area contributed by atoms with Crippen molar-refractivity contribution in [3.05, 3.63) is 59.1 Å². The lowest BCUT2D eigenvalue weighted by Crippen LogP contribution is -2.29. The summed E-state index contributed by atoms with van der Waals surface area (Å²) in [6.45, 7) is 1.81. The zero-order valence-electron chi connectivity index (χ0n) is 13.2. The lowest BCUT2D eigenvalue weighted by atomic mass is 10.2. The Morgan fingerprint density at radius 3 is 2.67 bits per heavy atom. The van der Waals surface area contributed by atoms with Crippen molar-refractivity contribution < 1.29 is 8.42 Å². The third kappa shape index (κ3) is 2.91.